The molecule has 4 heteroatoms. The minimum atomic E-state index is -0.149. The van der Waals surface area contributed by atoms with Gasteiger partial charge < -0.3 is 10.0 Å². The molecule has 1 saturated carbocycles. The molecular formula is C14H17NO2S. The van der Waals surface area contributed by atoms with Gasteiger partial charge in [-0.1, -0.05) is 11.8 Å². The van der Waals surface area contributed by atoms with Gasteiger partial charge in [0.05, 0.1) is 9.75 Å². The lowest BCUT2D eigenvalue weighted by atomic mass is 10.3. The maximum Gasteiger partial charge on any atom is 0.263 e. The summed E-state index contributed by atoms with van der Waals surface area (Å²) < 4.78 is 0. The summed E-state index contributed by atoms with van der Waals surface area (Å²) in [6.45, 7) is 3.50. The van der Waals surface area contributed by atoms with Gasteiger partial charge >= 0.3 is 0 Å². The first-order valence-electron chi connectivity index (χ1n) is 6.23. The number of thiophene rings is 1. The Morgan fingerprint density at radius 1 is 1.56 bits per heavy atom. The normalized spacial score (nSPS) is 13.9. The fraction of sp³-hybridized carbons (Fsp3) is 0.500. The van der Waals surface area contributed by atoms with E-state index in [-0.39, 0.29) is 12.5 Å². The summed E-state index contributed by atoms with van der Waals surface area (Å²) in [6.07, 6.45) is 2.50. The molecule has 1 aromatic heterocycles. The van der Waals surface area contributed by atoms with E-state index in [4.69, 9.17) is 5.11 Å². The zero-order valence-corrected chi connectivity index (χ0v) is 11.3. The van der Waals surface area contributed by atoms with Crippen molar-refractivity contribution < 1.29 is 9.90 Å². The molecule has 18 heavy (non-hydrogen) atoms. The Labute approximate surface area is 111 Å². The Hall–Kier alpha value is -1.31. The van der Waals surface area contributed by atoms with Crippen molar-refractivity contribution in [1.29, 1.82) is 0 Å². The summed E-state index contributed by atoms with van der Waals surface area (Å²) in [5.74, 6) is 6.23. The number of rotatable bonds is 4. The highest BCUT2D eigenvalue weighted by Gasteiger charge is 2.26. The highest BCUT2D eigenvalue weighted by molar-refractivity contribution is 7.14. The fourth-order valence-electron chi connectivity index (χ4n) is 1.77. The standard InChI is InChI=1S/C14H17NO2S/c1-2-15(10-11-5-6-11)14(17)13-8-7-12(18-13)4-3-9-16/h7-8,11,16H,2,5-6,9-10H2,1H3. The summed E-state index contributed by atoms with van der Waals surface area (Å²) in [4.78, 5) is 15.7. The molecule has 1 N–H and O–H groups in total. The van der Waals surface area contributed by atoms with Crippen molar-refractivity contribution in [2.45, 2.75) is 19.8 Å². The van der Waals surface area contributed by atoms with Crippen LogP contribution in [0.2, 0.25) is 0 Å². The van der Waals surface area contributed by atoms with Crippen LogP contribution in [0.1, 0.15) is 34.3 Å². The molecule has 0 saturated heterocycles. The maximum atomic E-state index is 12.3. The lowest BCUT2D eigenvalue weighted by Crippen LogP contribution is -2.32. The van der Waals surface area contributed by atoms with Crippen LogP contribution in [-0.2, 0) is 0 Å². The zero-order valence-electron chi connectivity index (χ0n) is 10.5. The van der Waals surface area contributed by atoms with Crippen molar-refractivity contribution in [2.75, 3.05) is 19.7 Å². The fourth-order valence-corrected chi connectivity index (χ4v) is 2.62. The molecule has 1 aliphatic carbocycles. The number of aliphatic hydroxyl groups is 1. The first-order valence-corrected chi connectivity index (χ1v) is 7.05. The van der Waals surface area contributed by atoms with E-state index in [1.165, 1.54) is 24.2 Å². The van der Waals surface area contributed by atoms with Crippen molar-refractivity contribution in [2.24, 2.45) is 5.92 Å². The van der Waals surface area contributed by atoms with Crippen LogP contribution in [0.25, 0.3) is 0 Å². The molecule has 1 amide bonds. The van der Waals surface area contributed by atoms with Gasteiger partial charge in [0, 0.05) is 13.1 Å². The second-order valence-corrected chi connectivity index (χ2v) is 5.49. The molecule has 1 heterocycles. The van der Waals surface area contributed by atoms with E-state index >= 15 is 0 Å². The molecule has 1 aromatic rings. The Balaban J connectivity index is 2.04. The molecule has 3 nitrogen and oxygen atoms in total. The summed E-state index contributed by atoms with van der Waals surface area (Å²) in [6, 6.07) is 3.66. The van der Waals surface area contributed by atoms with Crippen molar-refractivity contribution in [3.8, 4) is 11.8 Å². The lowest BCUT2D eigenvalue weighted by Gasteiger charge is -2.19. The van der Waals surface area contributed by atoms with E-state index in [1.807, 2.05) is 24.0 Å². The number of hydrogen-bond donors (Lipinski definition) is 1. The average Bonchev–Trinajstić information content (AvgIpc) is 3.08. The third kappa shape index (κ3) is 3.34. The lowest BCUT2D eigenvalue weighted by molar-refractivity contribution is 0.0762. The highest BCUT2D eigenvalue weighted by Crippen LogP contribution is 2.30. The second kappa shape index (κ2) is 6.03. The average molecular weight is 263 g/mol. The van der Waals surface area contributed by atoms with Crippen molar-refractivity contribution in [3.05, 3.63) is 21.9 Å². The Morgan fingerprint density at radius 2 is 2.33 bits per heavy atom. The van der Waals surface area contributed by atoms with Crippen LogP contribution in [0.4, 0.5) is 0 Å². The summed E-state index contributed by atoms with van der Waals surface area (Å²) in [5, 5.41) is 8.63. The van der Waals surface area contributed by atoms with Crippen LogP contribution < -0.4 is 0 Å². The third-order valence-corrected chi connectivity index (χ3v) is 3.94. The summed E-state index contributed by atoms with van der Waals surface area (Å²) >= 11 is 1.40. The minimum absolute atomic E-state index is 0.103. The van der Waals surface area contributed by atoms with Gasteiger partial charge in [0.25, 0.3) is 5.91 Å². The largest absolute Gasteiger partial charge is 0.384 e. The van der Waals surface area contributed by atoms with E-state index < -0.39 is 0 Å². The van der Waals surface area contributed by atoms with Crippen molar-refractivity contribution in [1.82, 2.24) is 4.90 Å². The Bertz CT molecular complexity index is 479. The number of aliphatic hydroxyl groups excluding tert-OH is 1. The smallest absolute Gasteiger partial charge is 0.263 e. The number of nitrogens with zero attached hydrogens (tertiary/aromatic N) is 1. The Morgan fingerprint density at radius 3 is 2.94 bits per heavy atom. The van der Waals surface area contributed by atoms with Gasteiger partial charge in [0.2, 0.25) is 0 Å². The van der Waals surface area contributed by atoms with Crippen LogP contribution in [0.5, 0.6) is 0 Å². The molecular weight excluding hydrogens is 246 g/mol. The number of carbonyl (C=O) groups is 1. The molecule has 0 radical (unpaired) electrons. The Kier molecular flexibility index (Phi) is 4.40. The van der Waals surface area contributed by atoms with E-state index in [0.29, 0.717) is 5.92 Å². The molecule has 1 fully saturated rings. The molecule has 0 aromatic carbocycles. The molecule has 0 atom stereocenters. The molecule has 0 spiro atoms. The van der Waals surface area contributed by atoms with Gasteiger partial charge in [-0.15, -0.1) is 11.3 Å². The van der Waals surface area contributed by atoms with Crippen LogP contribution in [0, 0.1) is 17.8 Å². The van der Waals surface area contributed by atoms with Gasteiger partial charge in [-0.25, -0.2) is 0 Å². The van der Waals surface area contributed by atoms with Crippen molar-refractivity contribution >= 4 is 17.2 Å². The predicted molar refractivity (Wildman–Crippen MR) is 72.6 cm³/mol. The van der Waals surface area contributed by atoms with Crippen LogP contribution in [-0.4, -0.2) is 35.6 Å². The van der Waals surface area contributed by atoms with E-state index in [2.05, 4.69) is 11.8 Å². The molecule has 2 rings (SSSR count). The van der Waals surface area contributed by atoms with E-state index in [9.17, 15) is 4.79 Å². The van der Waals surface area contributed by atoms with Crippen LogP contribution in [0.3, 0.4) is 0 Å². The van der Waals surface area contributed by atoms with Gasteiger partial charge in [-0.3, -0.25) is 4.79 Å². The second-order valence-electron chi connectivity index (χ2n) is 4.41. The minimum Gasteiger partial charge on any atom is -0.384 e. The maximum absolute atomic E-state index is 12.3. The molecule has 0 bridgehead atoms. The third-order valence-electron chi connectivity index (χ3n) is 2.95. The highest BCUT2D eigenvalue weighted by atomic mass is 32.1. The first-order chi connectivity index (χ1) is 8.74. The van der Waals surface area contributed by atoms with Gasteiger partial charge in [0.15, 0.2) is 0 Å². The number of amides is 1. The first kappa shape index (κ1) is 13.1. The van der Waals surface area contributed by atoms with E-state index in [1.54, 1.807) is 0 Å². The molecule has 0 unspecified atom stereocenters. The monoisotopic (exact) mass is 263 g/mol. The van der Waals surface area contributed by atoms with Crippen LogP contribution in [0.15, 0.2) is 12.1 Å². The zero-order chi connectivity index (χ0) is 13.0. The molecule has 1 aliphatic rings. The summed E-state index contributed by atoms with van der Waals surface area (Å²) in [7, 11) is 0. The molecule has 96 valence electrons. The van der Waals surface area contributed by atoms with E-state index in [0.717, 1.165) is 22.8 Å². The van der Waals surface area contributed by atoms with Crippen molar-refractivity contribution in [3.63, 3.8) is 0 Å². The summed E-state index contributed by atoms with van der Waals surface area (Å²) in [5.41, 5.74) is 0. The van der Waals surface area contributed by atoms with Gasteiger partial charge in [-0.2, -0.15) is 0 Å². The SMILES string of the molecule is CCN(CC1CC1)C(=O)c1ccc(C#CCO)s1. The topological polar surface area (TPSA) is 40.5 Å². The quantitative estimate of drug-likeness (QED) is 0.844. The number of carbonyl (C=O) groups excluding carboxylic acids is 1. The van der Waals surface area contributed by atoms with Crippen LogP contribution >= 0.6 is 11.3 Å². The molecule has 0 aliphatic heterocycles. The van der Waals surface area contributed by atoms with Gasteiger partial charge in [-0.05, 0) is 37.8 Å². The number of hydrogen-bond acceptors (Lipinski definition) is 3. The van der Waals surface area contributed by atoms with Gasteiger partial charge in [0.1, 0.15) is 6.61 Å². The predicted octanol–water partition coefficient (Wildman–Crippen LogP) is 1.96.